The van der Waals surface area contributed by atoms with Crippen LogP contribution in [0.15, 0.2) is 48.5 Å². The average Bonchev–Trinajstić information content (AvgIpc) is 2.20. The number of hydrogen-bond donors (Lipinski definition) is 0. The summed E-state index contributed by atoms with van der Waals surface area (Å²) in [5.41, 5.74) is 3.93. The summed E-state index contributed by atoms with van der Waals surface area (Å²) in [6.07, 6.45) is 0. The third-order valence-electron chi connectivity index (χ3n) is 2.37. The van der Waals surface area contributed by atoms with E-state index in [-0.39, 0.29) is 9.41 Å². The van der Waals surface area contributed by atoms with E-state index in [1.807, 2.05) is 0 Å². The monoisotopic (exact) mass is 232 g/mol. The summed E-state index contributed by atoms with van der Waals surface area (Å²) in [5, 5.41) is 0. The fraction of sp³-hybridized carbons (Fsp3) is 0.0769. The second-order valence-electron chi connectivity index (χ2n) is 3.44. The summed E-state index contributed by atoms with van der Waals surface area (Å²) >= 11 is 2.70. The van der Waals surface area contributed by atoms with Gasteiger partial charge in [0.1, 0.15) is 0 Å². The van der Waals surface area contributed by atoms with Crippen molar-refractivity contribution in [1.82, 2.24) is 0 Å². The van der Waals surface area contributed by atoms with Crippen LogP contribution in [-0.4, -0.2) is 16.3 Å². The van der Waals surface area contributed by atoms with Crippen LogP contribution in [0.1, 0.15) is 5.56 Å². The van der Waals surface area contributed by atoms with Crippen LogP contribution in [0.2, 0.25) is 0 Å². The van der Waals surface area contributed by atoms with Gasteiger partial charge in [-0.1, -0.05) is 0 Å². The molecule has 2 aromatic rings. The molecule has 0 aliphatic rings. The predicted octanol–water partition coefficient (Wildman–Crippen LogP) is -3.54. The third-order valence-corrected chi connectivity index (χ3v) is 2.75. The van der Waals surface area contributed by atoms with Gasteiger partial charge in [0.25, 0.3) is 0 Å². The molecule has 0 radical (unpaired) electrons. The second kappa shape index (κ2) is 6.42. The van der Waals surface area contributed by atoms with E-state index in [4.69, 9.17) is 0 Å². The van der Waals surface area contributed by atoms with Crippen molar-refractivity contribution in [2.75, 3.05) is 0 Å². The van der Waals surface area contributed by atoms with E-state index in [0.717, 1.165) is 0 Å². The number of aryl methyl sites for hydroxylation is 1. The molecule has 0 saturated carbocycles. The van der Waals surface area contributed by atoms with Gasteiger partial charge in [0.15, 0.2) is 0 Å². The first kappa shape index (κ1) is 14.8. The molecule has 16 heavy (non-hydrogen) atoms. The first-order valence-electron chi connectivity index (χ1n) is 4.69. The van der Waals surface area contributed by atoms with Gasteiger partial charge in [-0.3, -0.25) is 0 Å². The molecule has 80 valence electrons. The van der Waals surface area contributed by atoms with Crippen molar-refractivity contribution in [1.29, 1.82) is 0 Å². The van der Waals surface area contributed by atoms with Crippen molar-refractivity contribution in [3.63, 3.8) is 0 Å². The standard InChI is InChI=1S/C13H11.Al.2FH/c1-11-7-5-6-10-13(11)12-8-3-2-4-9-12;;;/h3-10H,1H3;;2*1H/q;+2;;/p-2. The van der Waals surface area contributed by atoms with Crippen molar-refractivity contribution in [3.05, 3.63) is 54.1 Å². The Kier molecular flexibility index (Phi) is 5.95. The van der Waals surface area contributed by atoms with Crippen LogP contribution in [0.25, 0.3) is 11.1 Å². The molecule has 0 fully saturated rings. The molecule has 0 aromatic heterocycles. The molecule has 0 atom stereocenters. The fourth-order valence-electron chi connectivity index (χ4n) is 1.56. The maximum absolute atomic E-state index is 2.70. The first-order chi connectivity index (χ1) is 6.77. The van der Waals surface area contributed by atoms with Crippen LogP contribution in [0.4, 0.5) is 0 Å². The first-order valence-corrected chi connectivity index (χ1v) is 5.26. The summed E-state index contributed by atoms with van der Waals surface area (Å²) in [7, 11) is 0. The van der Waals surface area contributed by atoms with Crippen molar-refractivity contribution < 1.29 is 9.41 Å². The SMILES string of the molecule is Cc1ccccc1-c1cc[c]([Al+2])cc1.[F-].[F-]. The molecule has 2 rings (SSSR count). The van der Waals surface area contributed by atoms with Gasteiger partial charge in [-0.2, -0.15) is 0 Å². The molecule has 0 saturated heterocycles. The molecular weight excluding hydrogens is 221 g/mol. The van der Waals surface area contributed by atoms with Crippen molar-refractivity contribution in [2.45, 2.75) is 6.92 Å². The fourth-order valence-corrected chi connectivity index (χ4v) is 1.75. The summed E-state index contributed by atoms with van der Waals surface area (Å²) in [6, 6.07) is 17.0. The van der Waals surface area contributed by atoms with Gasteiger partial charge in [-0.25, -0.2) is 0 Å². The molecule has 3 heteroatoms. The summed E-state index contributed by atoms with van der Waals surface area (Å²) in [5.74, 6) is 0. The zero-order valence-electron chi connectivity index (χ0n) is 8.95. The van der Waals surface area contributed by atoms with E-state index in [1.54, 1.807) is 0 Å². The van der Waals surface area contributed by atoms with Gasteiger partial charge in [-0.05, 0) is 0 Å². The Bertz CT molecular complexity index is 438. The third kappa shape index (κ3) is 3.16. The molecule has 0 N–H and O–H groups in total. The summed E-state index contributed by atoms with van der Waals surface area (Å²) in [4.78, 5) is 0. The molecule has 0 unspecified atom stereocenters. The molecule has 0 bridgehead atoms. The van der Waals surface area contributed by atoms with Crippen molar-refractivity contribution in [3.8, 4) is 11.1 Å². The second-order valence-corrected chi connectivity index (χ2v) is 4.10. The largest absolute Gasteiger partial charge is 1.00 e. The van der Waals surface area contributed by atoms with Crippen molar-refractivity contribution in [2.24, 2.45) is 0 Å². The van der Waals surface area contributed by atoms with Gasteiger partial charge in [0.2, 0.25) is 0 Å². The molecule has 0 aliphatic heterocycles. The summed E-state index contributed by atoms with van der Waals surface area (Å²) < 4.78 is 1.22. The average molecular weight is 232 g/mol. The Hall–Kier alpha value is -1.17. The number of rotatable bonds is 1. The van der Waals surface area contributed by atoms with E-state index in [1.165, 1.54) is 21.1 Å². The minimum absolute atomic E-state index is 0. The molecule has 0 heterocycles. The van der Waals surface area contributed by atoms with Crippen LogP contribution in [0.5, 0.6) is 0 Å². The Morgan fingerprint density at radius 1 is 0.812 bits per heavy atom. The number of hydrogen-bond acceptors (Lipinski definition) is 0. The van der Waals surface area contributed by atoms with Crippen LogP contribution in [0, 0.1) is 6.92 Å². The Morgan fingerprint density at radius 3 is 1.94 bits per heavy atom. The maximum atomic E-state index is 2.70. The van der Waals surface area contributed by atoms with E-state index in [0.29, 0.717) is 0 Å². The molecular formula is C13H11AlF2. The smallest absolute Gasteiger partial charge is 1.00 e. The number of halogens is 2. The van der Waals surface area contributed by atoms with Crippen molar-refractivity contribution >= 4 is 20.7 Å². The number of benzene rings is 2. The molecule has 0 aliphatic carbocycles. The quantitative estimate of drug-likeness (QED) is 0.447. The van der Waals surface area contributed by atoms with Gasteiger partial charge < -0.3 is 9.41 Å². The van der Waals surface area contributed by atoms with Gasteiger partial charge in [-0.15, -0.1) is 0 Å². The topological polar surface area (TPSA) is 0 Å². The van der Waals surface area contributed by atoms with Gasteiger partial charge >= 0.3 is 92.9 Å². The minimum atomic E-state index is 0. The minimum Gasteiger partial charge on any atom is -1.00 e. The Morgan fingerprint density at radius 2 is 1.38 bits per heavy atom. The van der Waals surface area contributed by atoms with Crippen LogP contribution < -0.4 is 13.8 Å². The van der Waals surface area contributed by atoms with E-state index in [9.17, 15) is 0 Å². The molecule has 2 aromatic carbocycles. The normalized spacial score (nSPS) is 8.94. The van der Waals surface area contributed by atoms with Crippen LogP contribution >= 0.6 is 0 Å². The van der Waals surface area contributed by atoms with E-state index < -0.39 is 0 Å². The van der Waals surface area contributed by atoms with Gasteiger partial charge in [0, 0.05) is 0 Å². The molecule has 0 spiro atoms. The van der Waals surface area contributed by atoms with E-state index >= 15 is 0 Å². The van der Waals surface area contributed by atoms with Crippen LogP contribution in [0.3, 0.4) is 0 Å². The van der Waals surface area contributed by atoms with Gasteiger partial charge in [0.05, 0.1) is 0 Å². The summed E-state index contributed by atoms with van der Waals surface area (Å²) in [6.45, 7) is 2.14. The van der Waals surface area contributed by atoms with Crippen LogP contribution in [-0.2, 0) is 0 Å². The predicted molar refractivity (Wildman–Crippen MR) is 62.0 cm³/mol. The molecule has 0 amide bonds. The Labute approximate surface area is 102 Å². The zero-order chi connectivity index (χ0) is 9.97. The Balaban J connectivity index is 0.00000112. The molecule has 0 nitrogen and oxygen atoms in total. The zero-order valence-corrected chi connectivity index (χ0v) is 10.1. The maximum Gasteiger partial charge on any atom is -1.00 e. The van der Waals surface area contributed by atoms with E-state index in [2.05, 4.69) is 71.7 Å².